The number of rotatable bonds is 7. The van der Waals surface area contributed by atoms with Gasteiger partial charge in [-0.25, -0.2) is 8.42 Å². The first-order valence-corrected chi connectivity index (χ1v) is 12.2. The number of benzene rings is 3. The third-order valence-corrected chi connectivity index (χ3v) is 7.25. The first-order chi connectivity index (χ1) is 15.7. The van der Waals surface area contributed by atoms with Gasteiger partial charge in [0.15, 0.2) is 11.5 Å². The van der Waals surface area contributed by atoms with E-state index in [1.165, 1.54) is 38.5 Å². The lowest BCUT2D eigenvalue weighted by molar-refractivity contribution is -0.113. The molecule has 0 saturated heterocycles. The van der Waals surface area contributed by atoms with Crippen molar-refractivity contribution in [1.29, 1.82) is 0 Å². The van der Waals surface area contributed by atoms with E-state index in [0.717, 1.165) is 9.87 Å². The SMILES string of the molecule is COc1cc(/C=C/C(=O)N(c2cc(C)ccc2C)S(=O)(=O)c2ccccc2)cc(Br)c1OC. The Kier molecular flexibility index (Phi) is 7.61. The highest BCUT2D eigenvalue weighted by Crippen LogP contribution is 2.36. The monoisotopic (exact) mass is 529 g/mol. The van der Waals surface area contributed by atoms with Crippen molar-refractivity contribution < 1.29 is 22.7 Å². The van der Waals surface area contributed by atoms with E-state index in [2.05, 4.69) is 15.9 Å². The molecule has 3 rings (SSSR count). The van der Waals surface area contributed by atoms with Crippen molar-refractivity contribution in [3.8, 4) is 11.5 Å². The number of carbonyl (C=O) groups excluding carboxylic acids is 1. The van der Waals surface area contributed by atoms with E-state index >= 15 is 0 Å². The molecule has 172 valence electrons. The minimum Gasteiger partial charge on any atom is -0.493 e. The number of nitrogens with zero attached hydrogens (tertiary/aromatic N) is 1. The summed E-state index contributed by atoms with van der Waals surface area (Å²) in [6, 6.07) is 16.7. The van der Waals surface area contributed by atoms with Gasteiger partial charge in [0, 0.05) is 6.08 Å². The Morgan fingerprint density at radius 2 is 1.67 bits per heavy atom. The summed E-state index contributed by atoms with van der Waals surface area (Å²) in [7, 11) is -1.11. The van der Waals surface area contributed by atoms with E-state index in [0.29, 0.717) is 32.8 Å². The van der Waals surface area contributed by atoms with Gasteiger partial charge in [0.1, 0.15) is 0 Å². The number of hydrogen-bond donors (Lipinski definition) is 0. The summed E-state index contributed by atoms with van der Waals surface area (Å²) in [5.74, 6) is 0.297. The second kappa shape index (κ2) is 10.2. The molecule has 0 radical (unpaired) electrons. The number of halogens is 1. The van der Waals surface area contributed by atoms with Crippen molar-refractivity contribution in [2.45, 2.75) is 18.7 Å². The van der Waals surface area contributed by atoms with Gasteiger partial charge in [0.05, 0.1) is 29.3 Å². The highest BCUT2D eigenvalue weighted by Gasteiger charge is 2.30. The molecule has 33 heavy (non-hydrogen) atoms. The third-order valence-electron chi connectivity index (χ3n) is 4.94. The van der Waals surface area contributed by atoms with Crippen molar-refractivity contribution in [3.05, 3.63) is 87.9 Å². The molecule has 0 bridgehead atoms. The highest BCUT2D eigenvalue weighted by atomic mass is 79.9. The first-order valence-electron chi connectivity index (χ1n) is 10.00. The van der Waals surface area contributed by atoms with Crippen LogP contribution in [0.4, 0.5) is 5.69 Å². The fraction of sp³-hybridized carbons (Fsp3) is 0.160. The average molecular weight is 530 g/mol. The standard InChI is InChI=1S/C25H24BrNO5S/c1-17-10-11-18(2)22(14-17)27(33(29,30)20-8-6-5-7-9-20)24(28)13-12-19-15-21(26)25(32-4)23(16-19)31-3/h5-16H,1-4H3/b13-12+. The zero-order chi connectivity index (χ0) is 24.2. The zero-order valence-corrected chi connectivity index (χ0v) is 21.1. The second-order valence-electron chi connectivity index (χ2n) is 7.28. The average Bonchev–Trinajstić information content (AvgIpc) is 2.80. The fourth-order valence-electron chi connectivity index (χ4n) is 3.27. The molecule has 8 heteroatoms. The molecule has 1 amide bonds. The number of aryl methyl sites for hydroxylation is 2. The van der Waals surface area contributed by atoms with Crippen LogP contribution in [0.1, 0.15) is 16.7 Å². The largest absolute Gasteiger partial charge is 0.493 e. The van der Waals surface area contributed by atoms with Gasteiger partial charge in [0.25, 0.3) is 15.9 Å². The summed E-state index contributed by atoms with van der Waals surface area (Å²) in [6.45, 7) is 3.61. The van der Waals surface area contributed by atoms with Crippen molar-refractivity contribution in [3.63, 3.8) is 0 Å². The topological polar surface area (TPSA) is 72.9 Å². The molecular weight excluding hydrogens is 506 g/mol. The van der Waals surface area contributed by atoms with Gasteiger partial charge in [-0.2, -0.15) is 4.31 Å². The minimum atomic E-state index is -4.15. The summed E-state index contributed by atoms with van der Waals surface area (Å²) in [6.07, 6.45) is 2.77. The number of amides is 1. The van der Waals surface area contributed by atoms with Crippen LogP contribution >= 0.6 is 15.9 Å². The lowest BCUT2D eigenvalue weighted by Gasteiger charge is -2.23. The summed E-state index contributed by atoms with van der Waals surface area (Å²) >= 11 is 3.42. The van der Waals surface area contributed by atoms with E-state index < -0.39 is 15.9 Å². The number of ether oxygens (including phenoxy) is 2. The predicted octanol–water partition coefficient (Wildman–Crippen LogP) is 5.52. The molecule has 0 spiro atoms. The van der Waals surface area contributed by atoms with Crippen LogP contribution in [0, 0.1) is 13.8 Å². The Morgan fingerprint density at radius 3 is 2.30 bits per heavy atom. The van der Waals surface area contributed by atoms with Crippen LogP contribution in [0.25, 0.3) is 6.08 Å². The van der Waals surface area contributed by atoms with Crippen molar-refractivity contribution in [1.82, 2.24) is 0 Å². The number of hydrogen-bond acceptors (Lipinski definition) is 5. The summed E-state index contributed by atoms with van der Waals surface area (Å²) < 4.78 is 39.2. The highest BCUT2D eigenvalue weighted by molar-refractivity contribution is 9.10. The van der Waals surface area contributed by atoms with Crippen LogP contribution in [0.15, 0.2) is 76.1 Å². The summed E-state index contributed by atoms with van der Waals surface area (Å²) in [4.78, 5) is 13.4. The van der Waals surface area contributed by atoms with Gasteiger partial charge >= 0.3 is 0 Å². The van der Waals surface area contributed by atoms with Crippen molar-refractivity contribution in [2.24, 2.45) is 0 Å². The molecule has 0 aliphatic carbocycles. The second-order valence-corrected chi connectivity index (χ2v) is 9.92. The van der Waals surface area contributed by atoms with Crippen LogP contribution < -0.4 is 13.8 Å². The Labute approximate surface area is 202 Å². The van der Waals surface area contributed by atoms with Gasteiger partial charge in [-0.05, 0) is 82.9 Å². The zero-order valence-electron chi connectivity index (χ0n) is 18.7. The van der Waals surface area contributed by atoms with E-state index in [1.807, 2.05) is 13.0 Å². The summed E-state index contributed by atoms with van der Waals surface area (Å²) in [5, 5.41) is 0. The van der Waals surface area contributed by atoms with E-state index in [4.69, 9.17) is 9.47 Å². The molecule has 6 nitrogen and oxygen atoms in total. The van der Waals surface area contributed by atoms with Crippen molar-refractivity contribution in [2.75, 3.05) is 18.5 Å². The Balaban J connectivity index is 2.09. The van der Waals surface area contributed by atoms with E-state index in [9.17, 15) is 13.2 Å². The van der Waals surface area contributed by atoms with Crippen LogP contribution in [-0.4, -0.2) is 28.5 Å². The molecule has 0 saturated carbocycles. The summed E-state index contributed by atoms with van der Waals surface area (Å²) in [5.41, 5.74) is 2.44. The fourth-order valence-corrected chi connectivity index (χ4v) is 5.36. The number of methoxy groups -OCH3 is 2. The van der Waals surface area contributed by atoms with E-state index in [1.54, 1.807) is 49.4 Å². The van der Waals surface area contributed by atoms with Gasteiger partial charge in [0.2, 0.25) is 0 Å². The predicted molar refractivity (Wildman–Crippen MR) is 133 cm³/mol. The van der Waals surface area contributed by atoms with Gasteiger partial charge in [-0.1, -0.05) is 30.3 Å². The van der Waals surface area contributed by atoms with Gasteiger partial charge in [-0.15, -0.1) is 0 Å². The van der Waals surface area contributed by atoms with E-state index in [-0.39, 0.29) is 4.90 Å². The molecule has 0 aromatic heterocycles. The Morgan fingerprint density at radius 1 is 0.970 bits per heavy atom. The molecular formula is C25H24BrNO5S. The Hall–Kier alpha value is -3.10. The first kappa shape index (κ1) is 24.5. The number of sulfonamides is 1. The molecule has 3 aromatic rings. The van der Waals surface area contributed by atoms with Crippen LogP contribution in [0.2, 0.25) is 0 Å². The smallest absolute Gasteiger partial charge is 0.271 e. The molecule has 0 aliphatic heterocycles. The van der Waals surface area contributed by atoms with Crippen LogP contribution in [0.5, 0.6) is 11.5 Å². The molecule has 0 N–H and O–H groups in total. The number of anilines is 1. The van der Waals surface area contributed by atoms with Gasteiger partial charge < -0.3 is 9.47 Å². The third kappa shape index (κ3) is 5.29. The lowest BCUT2D eigenvalue weighted by Crippen LogP contribution is -2.36. The molecule has 0 aliphatic rings. The maximum absolute atomic E-state index is 13.5. The Bertz CT molecular complexity index is 1300. The maximum atomic E-state index is 13.5. The lowest BCUT2D eigenvalue weighted by atomic mass is 10.1. The van der Waals surface area contributed by atoms with Gasteiger partial charge in [-0.3, -0.25) is 4.79 Å². The molecule has 0 heterocycles. The molecule has 3 aromatic carbocycles. The number of carbonyl (C=O) groups is 1. The molecule has 0 atom stereocenters. The quantitative estimate of drug-likeness (QED) is 0.377. The minimum absolute atomic E-state index is 0.0292. The molecule has 0 fully saturated rings. The molecule has 0 unspecified atom stereocenters. The van der Waals surface area contributed by atoms with Crippen molar-refractivity contribution >= 4 is 43.6 Å². The normalized spacial score (nSPS) is 11.4. The van der Waals surface area contributed by atoms with Crippen LogP contribution in [-0.2, 0) is 14.8 Å². The maximum Gasteiger partial charge on any atom is 0.271 e. The van der Waals surface area contributed by atoms with Crippen LogP contribution in [0.3, 0.4) is 0 Å².